The smallest absolute Gasteiger partial charge is 0.239 e. The molecule has 3 N–H and O–H groups in total. The van der Waals surface area contributed by atoms with Crippen molar-refractivity contribution in [1.29, 1.82) is 0 Å². The minimum Gasteiger partial charge on any atom is -0.381 e. The Morgan fingerprint density at radius 2 is 2.38 bits per heavy atom. The molecule has 1 saturated heterocycles. The first kappa shape index (κ1) is 13.5. The molecule has 1 heterocycles. The molecule has 0 radical (unpaired) electrons. The molecule has 0 aromatic rings. The summed E-state index contributed by atoms with van der Waals surface area (Å²) < 4.78 is 5.28. The van der Waals surface area contributed by atoms with E-state index >= 15 is 0 Å². The molecular formula is C12H24N2O2. The quantitative estimate of drug-likeness (QED) is 0.714. The highest BCUT2D eigenvalue weighted by Crippen LogP contribution is 2.15. The summed E-state index contributed by atoms with van der Waals surface area (Å²) in [6, 6.07) is 0. The second-order valence-electron chi connectivity index (χ2n) is 4.94. The average Bonchev–Trinajstić information content (AvgIpc) is 2.70. The van der Waals surface area contributed by atoms with Gasteiger partial charge in [0.1, 0.15) is 0 Å². The van der Waals surface area contributed by atoms with Crippen LogP contribution in [0.5, 0.6) is 0 Å². The molecule has 0 saturated carbocycles. The van der Waals surface area contributed by atoms with Crippen molar-refractivity contribution >= 4 is 5.91 Å². The number of hydrogen-bond donors (Lipinski definition) is 2. The van der Waals surface area contributed by atoms with E-state index in [9.17, 15) is 4.79 Å². The molecule has 0 aromatic heterocycles. The van der Waals surface area contributed by atoms with Gasteiger partial charge in [-0.2, -0.15) is 0 Å². The van der Waals surface area contributed by atoms with Gasteiger partial charge in [0.05, 0.1) is 5.54 Å². The van der Waals surface area contributed by atoms with Crippen LogP contribution in [0.2, 0.25) is 0 Å². The van der Waals surface area contributed by atoms with E-state index in [0.29, 0.717) is 12.5 Å². The predicted octanol–water partition coefficient (Wildman–Crippen LogP) is 1.05. The Kier molecular flexibility index (Phi) is 5.22. The van der Waals surface area contributed by atoms with E-state index in [-0.39, 0.29) is 5.91 Å². The third-order valence-electron chi connectivity index (χ3n) is 3.15. The molecular weight excluding hydrogens is 204 g/mol. The molecule has 4 heteroatoms. The van der Waals surface area contributed by atoms with Crippen molar-refractivity contribution < 1.29 is 9.53 Å². The molecule has 4 nitrogen and oxygen atoms in total. The Morgan fingerprint density at radius 1 is 1.62 bits per heavy atom. The molecule has 1 rings (SSSR count). The third-order valence-corrected chi connectivity index (χ3v) is 3.15. The van der Waals surface area contributed by atoms with Crippen LogP contribution >= 0.6 is 0 Å². The topological polar surface area (TPSA) is 64.4 Å². The molecule has 0 aliphatic carbocycles. The Hall–Kier alpha value is -0.610. The van der Waals surface area contributed by atoms with Gasteiger partial charge < -0.3 is 15.8 Å². The van der Waals surface area contributed by atoms with Crippen LogP contribution in [0.3, 0.4) is 0 Å². The van der Waals surface area contributed by atoms with Crippen molar-refractivity contribution in [2.24, 2.45) is 11.7 Å². The highest BCUT2D eigenvalue weighted by atomic mass is 16.5. The van der Waals surface area contributed by atoms with E-state index in [1.54, 1.807) is 6.92 Å². The molecule has 2 atom stereocenters. The lowest BCUT2D eigenvalue weighted by Crippen LogP contribution is -2.51. The van der Waals surface area contributed by atoms with Crippen LogP contribution < -0.4 is 11.1 Å². The van der Waals surface area contributed by atoms with E-state index < -0.39 is 5.54 Å². The maximum absolute atomic E-state index is 11.8. The van der Waals surface area contributed by atoms with Gasteiger partial charge in [-0.05, 0) is 32.1 Å². The second kappa shape index (κ2) is 6.21. The zero-order valence-electron chi connectivity index (χ0n) is 10.4. The number of rotatable bonds is 6. The van der Waals surface area contributed by atoms with Crippen LogP contribution in [0.1, 0.15) is 39.5 Å². The summed E-state index contributed by atoms with van der Waals surface area (Å²) >= 11 is 0. The van der Waals surface area contributed by atoms with Crippen molar-refractivity contribution in [2.75, 3.05) is 19.8 Å². The normalized spacial score (nSPS) is 24.1. The van der Waals surface area contributed by atoms with Crippen molar-refractivity contribution in [3.8, 4) is 0 Å². The van der Waals surface area contributed by atoms with Gasteiger partial charge in [0, 0.05) is 19.8 Å². The maximum atomic E-state index is 11.8. The van der Waals surface area contributed by atoms with E-state index in [2.05, 4.69) is 5.32 Å². The minimum atomic E-state index is -0.721. The highest BCUT2D eigenvalue weighted by molar-refractivity contribution is 5.85. The summed E-state index contributed by atoms with van der Waals surface area (Å²) in [5, 5.41) is 2.92. The summed E-state index contributed by atoms with van der Waals surface area (Å²) in [6.07, 6.45) is 3.76. The average molecular weight is 228 g/mol. The zero-order chi connectivity index (χ0) is 12.0. The standard InChI is InChI=1S/C12H24N2O2/c1-3-6-12(2,13)11(15)14-7-4-10-5-8-16-9-10/h10H,3-9,13H2,1-2H3,(H,14,15). The largest absolute Gasteiger partial charge is 0.381 e. The Balaban J connectivity index is 2.18. The highest BCUT2D eigenvalue weighted by Gasteiger charge is 2.26. The van der Waals surface area contributed by atoms with E-state index in [0.717, 1.165) is 38.9 Å². The third kappa shape index (κ3) is 4.10. The molecule has 1 aliphatic rings. The lowest BCUT2D eigenvalue weighted by molar-refractivity contribution is -0.126. The first-order valence-corrected chi connectivity index (χ1v) is 6.21. The number of hydrogen-bond acceptors (Lipinski definition) is 3. The van der Waals surface area contributed by atoms with Crippen LogP contribution in [-0.2, 0) is 9.53 Å². The van der Waals surface area contributed by atoms with Crippen LogP contribution in [0, 0.1) is 5.92 Å². The first-order chi connectivity index (χ1) is 7.56. The van der Waals surface area contributed by atoms with Crippen molar-refractivity contribution in [2.45, 2.75) is 45.1 Å². The Morgan fingerprint density at radius 3 is 2.94 bits per heavy atom. The van der Waals surface area contributed by atoms with Gasteiger partial charge in [-0.3, -0.25) is 4.79 Å². The summed E-state index contributed by atoms with van der Waals surface area (Å²) in [6.45, 7) is 6.25. The maximum Gasteiger partial charge on any atom is 0.239 e. The number of carbonyl (C=O) groups is 1. The number of nitrogens with one attached hydrogen (secondary N) is 1. The fraction of sp³-hybridized carbons (Fsp3) is 0.917. The molecule has 2 unspecified atom stereocenters. The molecule has 1 amide bonds. The van der Waals surface area contributed by atoms with E-state index in [4.69, 9.17) is 10.5 Å². The van der Waals surface area contributed by atoms with Gasteiger partial charge in [0.15, 0.2) is 0 Å². The Bertz CT molecular complexity index is 223. The molecule has 16 heavy (non-hydrogen) atoms. The molecule has 1 fully saturated rings. The molecule has 0 aromatic carbocycles. The van der Waals surface area contributed by atoms with E-state index in [1.165, 1.54) is 0 Å². The molecule has 94 valence electrons. The van der Waals surface area contributed by atoms with Gasteiger partial charge in [-0.1, -0.05) is 13.3 Å². The molecule has 1 aliphatic heterocycles. The second-order valence-corrected chi connectivity index (χ2v) is 4.94. The molecule has 0 bridgehead atoms. The predicted molar refractivity (Wildman–Crippen MR) is 64.1 cm³/mol. The number of carbonyl (C=O) groups excluding carboxylic acids is 1. The van der Waals surface area contributed by atoms with Gasteiger partial charge >= 0.3 is 0 Å². The summed E-state index contributed by atoms with van der Waals surface area (Å²) in [4.78, 5) is 11.8. The van der Waals surface area contributed by atoms with Crippen LogP contribution in [0.25, 0.3) is 0 Å². The van der Waals surface area contributed by atoms with Crippen molar-refractivity contribution in [3.63, 3.8) is 0 Å². The van der Waals surface area contributed by atoms with Crippen LogP contribution in [-0.4, -0.2) is 31.2 Å². The number of amides is 1. The van der Waals surface area contributed by atoms with Gasteiger partial charge in [0.2, 0.25) is 5.91 Å². The molecule has 0 spiro atoms. The lowest BCUT2D eigenvalue weighted by atomic mass is 9.96. The van der Waals surface area contributed by atoms with E-state index in [1.807, 2.05) is 6.92 Å². The fourth-order valence-electron chi connectivity index (χ4n) is 2.04. The van der Waals surface area contributed by atoms with Crippen LogP contribution in [0.15, 0.2) is 0 Å². The fourth-order valence-corrected chi connectivity index (χ4v) is 2.04. The first-order valence-electron chi connectivity index (χ1n) is 6.21. The van der Waals surface area contributed by atoms with Gasteiger partial charge in [-0.15, -0.1) is 0 Å². The lowest BCUT2D eigenvalue weighted by Gasteiger charge is -2.23. The number of nitrogens with two attached hydrogens (primary N) is 1. The van der Waals surface area contributed by atoms with Crippen molar-refractivity contribution in [1.82, 2.24) is 5.32 Å². The summed E-state index contributed by atoms with van der Waals surface area (Å²) in [5.74, 6) is 0.573. The number of ether oxygens (including phenoxy) is 1. The summed E-state index contributed by atoms with van der Waals surface area (Å²) in [7, 11) is 0. The SMILES string of the molecule is CCCC(C)(N)C(=O)NCCC1CCOC1. The monoisotopic (exact) mass is 228 g/mol. The summed E-state index contributed by atoms with van der Waals surface area (Å²) in [5.41, 5.74) is 5.21. The van der Waals surface area contributed by atoms with Gasteiger partial charge in [-0.25, -0.2) is 0 Å². The zero-order valence-corrected chi connectivity index (χ0v) is 10.4. The minimum absolute atomic E-state index is 0.0340. The van der Waals surface area contributed by atoms with Crippen molar-refractivity contribution in [3.05, 3.63) is 0 Å². The van der Waals surface area contributed by atoms with Crippen LogP contribution in [0.4, 0.5) is 0 Å². The Labute approximate surface area is 97.9 Å². The van der Waals surface area contributed by atoms with Gasteiger partial charge in [0.25, 0.3) is 0 Å².